The van der Waals surface area contributed by atoms with Crippen LogP contribution in [-0.4, -0.2) is 43.2 Å². The maximum Gasteiger partial charge on any atom is 0.333 e. The third-order valence-electron chi connectivity index (χ3n) is 6.97. The largest absolute Gasteiger partial charge is 0.456 e. The molecule has 3 heteroatoms. The van der Waals surface area contributed by atoms with E-state index in [1.54, 1.807) is 6.92 Å². The van der Waals surface area contributed by atoms with Crippen LogP contribution in [0.25, 0.3) is 0 Å². The lowest BCUT2D eigenvalue weighted by atomic mass is 10.0. The van der Waals surface area contributed by atoms with Crippen LogP contribution in [0.2, 0.25) is 0 Å². The number of carbonyl (C=O) groups is 1. The molecule has 31 heavy (non-hydrogen) atoms. The molecule has 0 amide bonds. The van der Waals surface area contributed by atoms with E-state index in [1.807, 2.05) is 0 Å². The average Bonchev–Trinajstić information content (AvgIpc) is 2.77. The first-order valence-electron chi connectivity index (χ1n) is 13.7. The number of unbranched alkanes of at least 4 members (excludes halogenated alkanes) is 15. The molecule has 184 valence electrons. The van der Waals surface area contributed by atoms with E-state index in [9.17, 15) is 4.79 Å². The van der Waals surface area contributed by atoms with Gasteiger partial charge in [-0.2, -0.15) is 0 Å². The number of nitrogens with zero attached hydrogens (tertiary/aromatic N) is 1. The van der Waals surface area contributed by atoms with Crippen LogP contribution in [0.5, 0.6) is 0 Å². The van der Waals surface area contributed by atoms with E-state index < -0.39 is 0 Å². The van der Waals surface area contributed by atoms with Crippen molar-refractivity contribution in [3.63, 3.8) is 0 Å². The third kappa shape index (κ3) is 17.4. The van der Waals surface area contributed by atoms with Gasteiger partial charge in [0.1, 0.15) is 13.2 Å². The zero-order valence-corrected chi connectivity index (χ0v) is 21.8. The van der Waals surface area contributed by atoms with E-state index >= 15 is 0 Å². The Morgan fingerprint density at radius 3 is 1.39 bits per heavy atom. The van der Waals surface area contributed by atoms with Gasteiger partial charge < -0.3 is 9.22 Å². The Balaban J connectivity index is 3.59. The molecule has 3 nitrogen and oxygen atoms in total. The molecule has 0 rings (SSSR count). The summed E-state index contributed by atoms with van der Waals surface area (Å²) in [5.41, 5.74) is 0.490. The first kappa shape index (κ1) is 30.2. The lowest BCUT2D eigenvalue weighted by Gasteiger charge is -2.36. The molecule has 0 unspecified atom stereocenters. The van der Waals surface area contributed by atoms with Crippen LogP contribution in [-0.2, 0) is 9.53 Å². The van der Waals surface area contributed by atoms with Gasteiger partial charge in [-0.25, -0.2) is 4.79 Å². The van der Waals surface area contributed by atoms with Gasteiger partial charge in [0.15, 0.2) is 0 Å². The molecule has 0 bridgehead atoms. The van der Waals surface area contributed by atoms with E-state index in [2.05, 4.69) is 27.4 Å². The fourth-order valence-electron chi connectivity index (χ4n) is 4.42. The van der Waals surface area contributed by atoms with Crippen molar-refractivity contribution < 1.29 is 14.0 Å². The summed E-state index contributed by atoms with van der Waals surface area (Å²) in [6.45, 7) is 17.0. The standard InChI is InChI=1S/C28H56NO2/c1-6-9-10-11-12-13-14-15-16-17-18-19-20-21-22-23-24-29(7-2,8-3)25-26-31-28(30)27(4)5/h4,6-26H2,1-3,5H3/q+1. The van der Waals surface area contributed by atoms with Crippen LogP contribution in [0.4, 0.5) is 0 Å². The van der Waals surface area contributed by atoms with Crippen molar-refractivity contribution in [2.75, 3.05) is 32.8 Å². The van der Waals surface area contributed by atoms with Crippen molar-refractivity contribution in [3.8, 4) is 0 Å². The monoisotopic (exact) mass is 438 g/mol. The van der Waals surface area contributed by atoms with Crippen molar-refractivity contribution >= 4 is 5.97 Å². The SMILES string of the molecule is C=C(C)C(=O)OCC[N+](CC)(CC)CCCCCCCCCCCCCCCCCC. The van der Waals surface area contributed by atoms with Gasteiger partial charge in [0.2, 0.25) is 0 Å². The molecule has 0 N–H and O–H groups in total. The summed E-state index contributed by atoms with van der Waals surface area (Å²) < 4.78 is 6.40. The number of hydrogen-bond acceptors (Lipinski definition) is 2. The molecular weight excluding hydrogens is 382 g/mol. The van der Waals surface area contributed by atoms with Gasteiger partial charge in [-0.15, -0.1) is 0 Å². The highest BCUT2D eigenvalue weighted by Crippen LogP contribution is 2.15. The molecule has 0 fully saturated rings. The Morgan fingerprint density at radius 2 is 1.03 bits per heavy atom. The lowest BCUT2D eigenvalue weighted by molar-refractivity contribution is -0.925. The first-order chi connectivity index (χ1) is 15.0. The highest BCUT2D eigenvalue weighted by Gasteiger charge is 2.23. The van der Waals surface area contributed by atoms with Gasteiger partial charge >= 0.3 is 5.97 Å². The maximum atomic E-state index is 11.6. The average molecular weight is 439 g/mol. The molecule has 0 saturated heterocycles. The number of esters is 1. The minimum absolute atomic E-state index is 0.257. The molecule has 0 spiro atoms. The highest BCUT2D eigenvalue weighted by atomic mass is 16.5. The molecule has 0 aliphatic carbocycles. The van der Waals surface area contributed by atoms with Crippen molar-refractivity contribution in [2.24, 2.45) is 0 Å². The summed E-state index contributed by atoms with van der Waals surface area (Å²) in [4.78, 5) is 11.6. The van der Waals surface area contributed by atoms with Crippen LogP contribution in [0.3, 0.4) is 0 Å². The van der Waals surface area contributed by atoms with Gasteiger partial charge in [0, 0.05) is 5.57 Å². The molecule has 0 aliphatic rings. The van der Waals surface area contributed by atoms with Crippen LogP contribution >= 0.6 is 0 Å². The van der Waals surface area contributed by atoms with Gasteiger partial charge in [0.05, 0.1) is 19.6 Å². The Bertz CT molecular complexity index is 429. The molecule has 0 radical (unpaired) electrons. The second-order valence-electron chi connectivity index (χ2n) is 9.64. The van der Waals surface area contributed by atoms with E-state index in [-0.39, 0.29) is 5.97 Å². The Labute approximate surface area is 195 Å². The molecule has 0 heterocycles. The zero-order valence-electron chi connectivity index (χ0n) is 21.8. The second kappa shape index (κ2) is 21.0. The maximum absolute atomic E-state index is 11.6. The van der Waals surface area contributed by atoms with Crippen LogP contribution in [0.15, 0.2) is 12.2 Å². The minimum Gasteiger partial charge on any atom is -0.456 e. The zero-order chi connectivity index (χ0) is 23.2. The Hall–Kier alpha value is -0.830. The van der Waals surface area contributed by atoms with Crippen molar-refractivity contribution in [1.82, 2.24) is 0 Å². The molecule has 0 saturated carbocycles. The van der Waals surface area contributed by atoms with Gasteiger partial charge in [-0.05, 0) is 33.6 Å². The van der Waals surface area contributed by atoms with Crippen LogP contribution < -0.4 is 0 Å². The molecule has 0 aromatic rings. The van der Waals surface area contributed by atoms with E-state index in [0.29, 0.717) is 12.2 Å². The quantitative estimate of drug-likeness (QED) is 0.0695. The summed E-state index contributed by atoms with van der Waals surface area (Å²) in [5.74, 6) is -0.257. The fraction of sp³-hybridized carbons (Fsp3) is 0.893. The summed E-state index contributed by atoms with van der Waals surface area (Å²) >= 11 is 0. The smallest absolute Gasteiger partial charge is 0.333 e. The third-order valence-corrected chi connectivity index (χ3v) is 6.97. The summed E-state index contributed by atoms with van der Waals surface area (Å²) in [6, 6.07) is 0. The number of carbonyl (C=O) groups excluding carboxylic acids is 1. The number of quaternary nitrogens is 1. The second-order valence-corrected chi connectivity index (χ2v) is 9.64. The molecule has 0 aromatic carbocycles. The van der Waals surface area contributed by atoms with E-state index in [4.69, 9.17) is 4.74 Å². The Morgan fingerprint density at radius 1 is 0.645 bits per heavy atom. The molecule has 0 aromatic heterocycles. The molecule has 0 aliphatic heterocycles. The summed E-state index contributed by atoms with van der Waals surface area (Å²) in [5, 5.41) is 0. The highest BCUT2D eigenvalue weighted by molar-refractivity contribution is 5.86. The van der Waals surface area contributed by atoms with Crippen molar-refractivity contribution in [3.05, 3.63) is 12.2 Å². The molecular formula is C28H56NO2+. The number of likely N-dealkylation sites (N-methyl/N-ethyl adjacent to an activating group) is 1. The molecule has 0 atom stereocenters. The van der Waals surface area contributed by atoms with E-state index in [0.717, 1.165) is 24.1 Å². The van der Waals surface area contributed by atoms with Gasteiger partial charge in [-0.1, -0.05) is 103 Å². The number of rotatable bonds is 23. The van der Waals surface area contributed by atoms with Crippen LogP contribution in [0, 0.1) is 0 Å². The fourth-order valence-corrected chi connectivity index (χ4v) is 4.42. The van der Waals surface area contributed by atoms with Crippen molar-refractivity contribution in [2.45, 2.75) is 130 Å². The van der Waals surface area contributed by atoms with Gasteiger partial charge in [-0.3, -0.25) is 0 Å². The van der Waals surface area contributed by atoms with Crippen molar-refractivity contribution in [1.29, 1.82) is 0 Å². The van der Waals surface area contributed by atoms with E-state index in [1.165, 1.54) is 109 Å². The number of hydrogen-bond donors (Lipinski definition) is 0. The van der Waals surface area contributed by atoms with Gasteiger partial charge in [0.25, 0.3) is 0 Å². The normalized spacial score (nSPS) is 11.6. The minimum atomic E-state index is -0.257. The first-order valence-corrected chi connectivity index (χ1v) is 13.7. The lowest BCUT2D eigenvalue weighted by Crippen LogP contribution is -2.50. The summed E-state index contributed by atoms with van der Waals surface area (Å²) in [7, 11) is 0. The topological polar surface area (TPSA) is 26.3 Å². The Kier molecular flexibility index (Phi) is 20.5. The predicted octanol–water partition coefficient (Wildman–Crippen LogP) is 8.22. The predicted molar refractivity (Wildman–Crippen MR) is 136 cm³/mol. The number of ether oxygens (including phenoxy) is 1. The summed E-state index contributed by atoms with van der Waals surface area (Å²) in [6.07, 6.45) is 22.6. The van der Waals surface area contributed by atoms with Crippen LogP contribution in [0.1, 0.15) is 130 Å².